The van der Waals surface area contributed by atoms with Crippen molar-refractivity contribution >= 4 is 15.9 Å². The van der Waals surface area contributed by atoms with Crippen molar-refractivity contribution in [1.82, 2.24) is 9.62 Å². The van der Waals surface area contributed by atoms with Crippen LogP contribution >= 0.6 is 0 Å². The van der Waals surface area contributed by atoms with Crippen molar-refractivity contribution in [3.63, 3.8) is 0 Å². The first-order chi connectivity index (χ1) is 10.8. The van der Waals surface area contributed by atoms with E-state index in [0.717, 1.165) is 11.1 Å². The van der Waals surface area contributed by atoms with E-state index in [1.54, 1.807) is 0 Å². The molecule has 1 fully saturated rings. The Labute approximate surface area is 137 Å². The number of amides is 1. The lowest BCUT2D eigenvalue weighted by Crippen LogP contribution is -2.44. The third-order valence-corrected chi connectivity index (χ3v) is 6.10. The lowest BCUT2D eigenvalue weighted by Gasteiger charge is -2.21. The van der Waals surface area contributed by atoms with Crippen LogP contribution in [0.2, 0.25) is 0 Å². The number of sulfonamides is 1. The van der Waals surface area contributed by atoms with Gasteiger partial charge in [0.05, 0.1) is 31.4 Å². The second kappa shape index (κ2) is 7.42. The third kappa shape index (κ3) is 4.76. The molecular weight excluding hydrogens is 316 g/mol. The van der Waals surface area contributed by atoms with Gasteiger partial charge in [0.15, 0.2) is 0 Å². The quantitative estimate of drug-likeness (QED) is 0.821. The zero-order valence-electron chi connectivity index (χ0n) is 13.8. The number of nitrogens with one attached hydrogen (secondary N) is 1. The monoisotopic (exact) mass is 340 g/mol. The van der Waals surface area contributed by atoms with Gasteiger partial charge in [-0.3, -0.25) is 4.79 Å². The molecule has 1 aromatic carbocycles. The number of hydrogen-bond acceptors (Lipinski definition) is 4. The number of nitrogens with zero attached hydrogens (tertiary/aromatic N) is 1. The molecule has 1 N–H and O–H groups in total. The van der Waals surface area contributed by atoms with Gasteiger partial charge in [0.25, 0.3) is 0 Å². The predicted molar refractivity (Wildman–Crippen MR) is 88.6 cm³/mol. The molecule has 23 heavy (non-hydrogen) atoms. The summed E-state index contributed by atoms with van der Waals surface area (Å²) in [6.45, 7) is 2.67. The zero-order valence-corrected chi connectivity index (χ0v) is 14.6. The van der Waals surface area contributed by atoms with Gasteiger partial charge in [0.1, 0.15) is 0 Å². The number of hydrogen-bond donors (Lipinski definition) is 1. The fourth-order valence-corrected chi connectivity index (χ4v) is 3.75. The van der Waals surface area contributed by atoms with E-state index >= 15 is 0 Å². The molecular formula is C16H24N2O4S. The molecule has 0 saturated carbocycles. The normalized spacial score (nSPS) is 21.6. The van der Waals surface area contributed by atoms with Crippen LogP contribution in [0.15, 0.2) is 24.3 Å². The maximum absolute atomic E-state index is 12.2. The van der Waals surface area contributed by atoms with Crippen LogP contribution in [0.25, 0.3) is 0 Å². The van der Waals surface area contributed by atoms with E-state index in [2.05, 4.69) is 5.32 Å². The maximum Gasteiger partial charge on any atom is 0.224 e. The topological polar surface area (TPSA) is 75.7 Å². The SMILES string of the molecule is Cc1ccccc1CC(=O)N[C@H]1COC[C@H]1CS(=O)(=O)N(C)C. The fourth-order valence-electron chi connectivity index (χ4n) is 2.58. The van der Waals surface area contributed by atoms with Crippen LogP contribution in [-0.2, 0) is 26.0 Å². The van der Waals surface area contributed by atoms with Crippen LogP contribution in [0, 0.1) is 12.8 Å². The number of carbonyl (C=O) groups excluding carboxylic acids is 1. The third-order valence-electron chi connectivity index (χ3n) is 4.14. The number of benzene rings is 1. The molecule has 1 aliphatic heterocycles. The van der Waals surface area contributed by atoms with Crippen LogP contribution in [0.1, 0.15) is 11.1 Å². The Morgan fingerprint density at radius 3 is 2.65 bits per heavy atom. The lowest BCUT2D eigenvalue weighted by atomic mass is 10.0. The van der Waals surface area contributed by atoms with Gasteiger partial charge in [-0.05, 0) is 18.1 Å². The van der Waals surface area contributed by atoms with Gasteiger partial charge in [-0.15, -0.1) is 0 Å². The first-order valence-electron chi connectivity index (χ1n) is 7.61. The summed E-state index contributed by atoms with van der Waals surface area (Å²) in [5.74, 6) is -0.347. The van der Waals surface area contributed by atoms with Gasteiger partial charge in [-0.2, -0.15) is 0 Å². The molecule has 1 heterocycles. The zero-order chi connectivity index (χ0) is 17.0. The molecule has 0 bridgehead atoms. The second-order valence-corrected chi connectivity index (χ2v) is 8.36. The van der Waals surface area contributed by atoms with Crippen molar-refractivity contribution in [3.8, 4) is 0 Å². The minimum absolute atomic E-state index is 0.0185. The molecule has 2 atom stereocenters. The molecule has 1 saturated heterocycles. The molecule has 0 aliphatic carbocycles. The molecule has 0 spiro atoms. The summed E-state index contributed by atoms with van der Waals surface area (Å²) in [5, 5.41) is 2.92. The number of aryl methyl sites for hydroxylation is 1. The van der Waals surface area contributed by atoms with Gasteiger partial charge in [0.2, 0.25) is 15.9 Å². The van der Waals surface area contributed by atoms with Gasteiger partial charge < -0.3 is 10.1 Å². The van der Waals surface area contributed by atoms with Crippen molar-refractivity contribution in [1.29, 1.82) is 0 Å². The summed E-state index contributed by atoms with van der Waals surface area (Å²) in [6.07, 6.45) is 0.288. The fraction of sp³-hybridized carbons (Fsp3) is 0.562. The highest BCUT2D eigenvalue weighted by atomic mass is 32.2. The molecule has 1 aromatic rings. The van der Waals surface area contributed by atoms with Gasteiger partial charge in [0, 0.05) is 20.0 Å². The average molecular weight is 340 g/mol. The summed E-state index contributed by atoms with van der Waals surface area (Å²) in [4.78, 5) is 12.2. The molecule has 128 valence electrons. The summed E-state index contributed by atoms with van der Waals surface area (Å²) < 4.78 is 30.6. The summed E-state index contributed by atoms with van der Waals surface area (Å²) in [7, 11) is -0.292. The first kappa shape index (κ1) is 17.9. The largest absolute Gasteiger partial charge is 0.379 e. The van der Waals surface area contributed by atoms with Crippen LogP contribution in [0.3, 0.4) is 0 Å². The van der Waals surface area contributed by atoms with Gasteiger partial charge in [-0.25, -0.2) is 12.7 Å². The summed E-state index contributed by atoms with van der Waals surface area (Å²) in [6, 6.07) is 7.47. The van der Waals surface area contributed by atoms with Gasteiger partial charge in [-0.1, -0.05) is 24.3 Å². The number of ether oxygens (including phenoxy) is 1. The smallest absolute Gasteiger partial charge is 0.224 e. The van der Waals surface area contributed by atoms with Crippen LogP contribution in [-0.4, -0.2) is 57.7 Å². The Morgan fingerprint density at radius 1 is 1.30 bits per heavy atom. The highest BCUT2D eigenvalue weighted by Crippen LogP contribution is 2.17. The average Bonchev–Trinajstić information content (AvgIpc) is 2.87. The number of rotatable bonds is 6. The highest BCUT2D eigenvalue weighted by molar-refractivity contribution is 7.89. The van der Waals surface area contributed by atoms with Crippen LogP contribution in [0.4, 0.5) is 0 Å². The van der Waals surface area contributed by atoms with Crippen molar-refractivity contribution < 1.29 is 17.9 Å². The molecule has 7 heteroatoms. The van der Waals surface area contributed by atoms with E-state index in [4.69, 9.17) is 4.74 Å². The Balaban J connectivity index is 1.96. The van der Waals surface area contributed by atoms with Crippen molar-refractivity contribution in [2.75, 3.05) is 33.1 Å². The Morgan fingerprint density at radius 2 is 2.00 bits per heavy atom. The maximum atomic E-state index is 12.2. The molecule has 6 nitrogen and oxygen atoms in total. The Bertz CT molecular complexity index is 658. The first-order valence-corrected chi connectivity index (χ1v) is 9.22. The van der Waals surface area contributed by atoms with E-state index in [1.165, 1.54) is 18.4 Å². The van der Waals surface area contributed by atoms with E-state index in [9.17, 15) is 13.2 Å². The molecule has 1 aliphatic rings. The lowest BCUT2D eigenvalue weighted by molar-refractivity contribution is -0.121. The standard InChI is InChI=1S/C16H24N2O4S/c1-12-6-4-5-7-13(12)8-16(19)17-15-10-22-9-14(15)11-23(20,21)18(2)3/h4-7,14-15H,8-11H2,1-3H3,(H,17,19)/t14-,15-/m0/s1. The molecule has 2 rings (SSSR count). The predicted octanol–water partition coefficient (Wildman–Crippen LogP) is 0.560. The summed E-state index contributed by atoms with van der Waals surface area (Å²) >= 11 is 0. The van der Waals surface area contributed by atoms with Crippen LogP contribution < -0.4 is 5.32 Å². The molecule has 0 unspecified atom stereocenters. The molecule has 0 aromatic heterocycles. The minimum Gasteiger partial charge on any atom is -0.379 e. The Kier molecular flexibility index (Phi) is 5.78. The van der Waals surface area contributed by atoms with E-state index in [-0.39, 0.29) is 30.0 Å². The molecule has 1 amide bonds. The van der Waals surface area contributed by atoms with E-state index in [1.807, 2.05) is 31.2 Å². The van der Waals surface area contributed by atoms with E-state index < -0.39 is 10.0 Å². The van der Waals surface area contributed by atoms with Gasteiger partial charge >= 0.3 is 0 Å². The van der Waals surface area contributed by atoms with Crippen molar-refractivity contribution in [2.24, 2.45) is 5.92 Å². The highest BCUT2D eigenvalue weighted by Gasteiger charge is 2.34. The molecule has 0 radical (unpaired) electrons. The summed E-state index contributed by atoms with van der Waals surface area (Å²) in [5.41, 5.74) is 2.04. The van der Waals surface area contributed by atoms with Crippen LogP contribution in [0.5, 0.6) is 0 Å². The van der Waals surface area contributed by atoms with Crippen molar-refractivity contribution in [3.05, 3.63) is 35.4 Å². The van der Waals surface area contributed by atoms with E-state index in [0.29, 0.717) is 13.2 Å². The minimum atomic E-state index is -3.31. The number of carbonyl (C=O) groups is 1. The second-order valence-electron chi connectivity index (χ2n) is 6.14. The van der Waals surface area contributed by atoms with Crippen molar-refractivity contribution in [2.45, 2.75) is 19.4 Å². The Hall–Kier alpha value is -1.44.